The SMILES string of the molecule is COC(=O)C(N)(CC#CCN1CCCC1)S(=O)(=O)c1ccc(I)cc1. The summed E-state index contributed by atoms with van der Waals surface area (Å²) < 4.78 is 31.4. The topological polar surface area (TPSA) is 89.7 Å². The van der Waals surface area contributed by atoms with Crippen LogP contribution in [0.2, 0.25) is 0 Å². The Bertz CT molecular complexity index is 777. The van der Waals surface area contributed by atoms with Gasteiger partial charge in [-0.25, -0.2) is 13.2 Å². The first-order valence-electron chi connectivity index (χ1n) is 7.87. The van der Waals surface area contributed by atoms with E-state index in [4.69, 9.17) is 5.73 Å². The van der Waals surface area contributed by atoms with Crippen molar-refractivity contribution < 1.29 is 17.9 Å². The average Bonchev–Trinajstić information content (AvgIpc) is 3.11. The zero-order valence-corrected chi connectivity index (χ0v) is 17.0. The monoisotopic (exact) mass is 476 g/mol. The summed E-state index contributed by atoms with van der Waals surface area (Å²) in [6, 6.07) is 6.15. The maximum atomic E-state index is 12.9. The van der Waals surface area contributed by atoms with E-state index in [1.54, 1.807) is 12.1 Å². The summed E-state index contributed by atoms with van der Waals surface area (Å²) in [5.41, 5.74) is 6.01. The van der Waals surface area contributed by atoms with Gasteiger partial charge in [0.25, 0.3) is 0 Å². The number of nitrogens with two attached hydrogens (primary N) is 1. The molecule has 8 heteroatoms. The Morgan fingerprint density at radius 2 is 1.88 bits per heavy atom. The lowest BCUT2D eigenvalue weighted by molar-refractivity contribution is -0.143. The summed E-state index contributed by atoms with van der Waals surface area (Å²) in [6.07, 6.45) is 1.97. The summed E-state index contributed by atoms with van der Waals surface area (Å²) in [4.78, 5) is 12.1. The lowest BCUT2D eigenvalue weighted by Gasteiger charge is -2.24. The standard InChI is InChI=1S/C17H21IN2O4S/c1-24-16(21)17(19,10-2-3-11-20-12-4-5-13-20)25(22,23)15-8-6-14(18)7-9-15/h6-9H,4-5,10-13,19H2,1H3. The van der Waals surface area contributed by atoms with Gasteiger partial charge < -0.3 is 10.5 Å². The molecule has 2 N–H and O–H groups in total. The molecule has 0 bridgehead atoms. The number of sulfone groups is 1. The Morgan fingerprint density at radius 1 is 1.28 bits per heavy atom. The van der Waals surface area contributed by atoms with Crippen molar-refractivity contribution >= 4 is 38.4 Å². The molecular weight excluding hydrogens is 455 g/mol. The van der Waals surface area contributed by atoms with Crippen molar-refractivity contribution in [1.29, 1.82) is 0 Å². The van der Waals surface area contributed by atoms with Crippen LogP contribution in [0.25, 0.3) is 0 Å². The molecule has 0 aromatic heterocycles. The third kappa shape index (κ3) is 4.53. The van der Waals surface area contributed by atoms with Gasteiger partial charge >= 0.3 is 5.97 Å². The third-order valence-corrected chi connectivity index (χ3v) is 6.99. The lowest BCUT2D eigenvalue weighted by atomic mass is 10.2. The summed E-state index contributed by atoms with van der Waals surface area (Å²) in [5, 5.41) is 0. The molecule has 2 rings (SSSR count). The smallest absolute Gasteiger partial charge is 0.343 e. The van der Waals surface area contributed by atoms with Gasteiger partial charge in [0.2, 0.25) is 14.7 Å². The average molecular weight is 476 g/mol. The highest BCUT2D eigenvalue weighted by atomic mass is 127. The predicted molar refractivity (Wildman–Crippen MR) is 103 cm³/mol. The van der Waals surface area contributed by atoms with Crippen molar-refractivity contribution in [3.05, 3.63) is 27.8 Å². The van der Waals surface area contributed by atoms with E-state index >= 15 is 0 Å². The summed E-state index contributed by atoms with van der Waals surface area (Å²) >= 11 is 2.07. The Kier molecular flexibility index (Phi) is 6.85. The van der Waals surface area contributed by atoms with Crippen molar-refractivity contribution in [2.24, 2.45) is 5.73 Å². The maximum absolute atomic E-state index is 12.9. The van der Waals surface area contributed by atoms with Gasteiger partial charge in [0.05, 0.1) is 25.0 Å². The number of methoxy groups -OCH3 is 1. The number of carbonyl (C=O) groups excluding carboxylic acids is 1. The van der Waals surface area contributed by atoms with E-state index in [0.717, 1.165) is 36.6 Å². The molecule has 0 amide bonds. The molecule has 1 aliphatic heterocycles. The molecule has 1 aliphatic rings. The van der Waals surface area contributed by atoms with Crippen LogP contribution in [0.15, 0.2) is 29.2 Å². The zero-order chi connectivity index (χ0) is 18.5. The van der Waals surface area contributed by atoms with E-state index < -0.39 is 20.7 Å². The number of esters is 1. The Morgan fingerprint density at radius 3 is 2.44 bits per heavy atom. The number of hydrogen-bond donors (Lipinski definition) is 1. The van der Waals surface area contributed by atoms with Crippen LogP contribution in [-0.4, -0.2) is 50.9 Å². The molecule has 1 atom stereocenters. The van der Waals surface area contributed by atoms with Gasteiger partial charge in [0, 0.05) is 3.57 Å². The number of rotatable bonds is 5. The summed E-state index contributed by atoms with van der Waals surface area (Å²) in [6.45, 7) is 2.52. The van der Waals surface area contributed by atoms with Crippen LogP contribution in [0, 0.1) is 15.4 Å². The van der Waals surface area contributed by atoms with Gasteiger partial charge in [-0.1, -0.05) is 11.8 Å². The minimum Gasteiger partial charge on any atom is -0.467 e. The molecular formula is C17H21IN2O4S. The lowest BCUT2D eigenvalue weighted by Crippen LogP contribution is -2.55. The number of hydrogen-bond acceptors (Lipinski definition) is 6. The Hall–Kier alpha value is -1.15. The zero-order valence-electron chi connectivity index (χ0n) is 14.0. The number of nitrogens with zero attached hydrogens (tertiary/aromatic N) is 1. The van der Waals surface area contributed by atoms with Crippen LogP contribution in [0.5, 0.6) is 0 Å². The highest BCUT2D eigenvalue weighted by Crippen LogP contribution is 2.26. The van der Waals surface area contributed by atoms with Crippen molar-refractivity contribution in [2.75, 3.05) is 26.7 Å². The van der Waals surface area contributed by atoms with Crippen molar-refractivity contribution in [2.45, 2.75) is 29.0 Å². The fourth-order valence-corrected chi connectivity index (χ4v) is 4.42. The third-order valence-electron chi connectivity index (χ3n) is 4.11. The van der Waals surface area contributed by atoms with E-state index in [1.165, 1.54) is 12.1 Å². The normalized spacial score (nSPS) is 17.4. The maximum Gasteiger partial charge on any atom is 0.343 e. The molecule has 6 nitrogen and oxygen atoms in total. The van der Waals surface area contributed by atoms with Gasteiger partial charge in [0.15, 0.2) is 0 Å². The Balaban J connectivity index is 2.25. The van der Waals surface area contributed by atoms with E-state index in [2.05, 4.69) is 44.1 Å². The van der Waals surface area contributed by atoms with Gasteiger partial charge in [0.1, 0.15) is 0 Å². The second-order valence-electron chi connectivity index (χ2n) is 5.85. The van der Waals surface area contributed by atoms with Gasteiger partial charge in [-0.15, -0.1) is 0 Å². The van der Waals surface area contributed by atoms with Crippen LogP contribution in [0.1, 0.15) is 19.3 Å². The van der Waals surface area contributed by atoms with Crippen molar-refractivity contribution in [3.63, 3.8) is 0 Å². The molecule has 0 radical (unpaired) electrons. The molecule has 1 unspecified atom stereocenters. The number of ether oxygens (including phenoxy) is 1. The first kappa shape index (κ1) is 20.2. The quantitative estimate of drug-likeness (QED) is 0.393. The van der Waals surface area contributed by atoms with Crippen molar-refractivity contribution in [3.8, 4) is 11.8 Å². The number of benzene rings is 1. The molecule has 0 saturated carbocycles. The minimum atomic E-state index is -4.14. The number of carbonyl (C=O) groups is 1. The number of likely N-dealkylation sites (tertiary alicyclic amines) is 1. The largest absolute Gasteiger partial charge is 0.467 e. The second-order valence-corrected chi connectivity index (χ2v) is 9.30. The highest BCUT2D eigenvalue weighted by molar-refractivity contribution is 14.1. The second kappa shape index (κ2) is 8.49. The molecule has 1 fully saturated rings. The van der Waals surface area contributed by atoms with E-state index in [1.807, 2.05) is 0 Å². The minimum absolute atomic E-state index is 0.0258. The van der Waals surface area contributed by atoms with E-state index in [-0.39, 0.29) is 11.3 Å². The van der Waals surface area contributed by atoms with E-state index in [9.17, 15) is 13.2 Å². The predicted octanol–water partition coefficient (Wildman–Crippen LogP) is 1.38. The Labute approximate surface area is 162 Å². The fourth-order valence-electron chi connectivity index (χ4n) is 2.58. The first-order chi connectivity index (χ1) is 11.8. The van der Waals surface area contributed by atoms with Crippen LogP contribution >= 0.6 is 22.6 Å². The number of halogens is 1. The summed E-state index contributed by atoms with van der Waals surface area (Å²) in [5.74, 6) is 4.66. The molecule has 0 aliphatic carbocycles. The van der Waals surface area contributed by atoms with Gasteiger partial charge in [-0.3, -0.25) is 4.90 Å². The molecule has 1 saturated heterocycles. The van der Waals surface area contributed by atoms with Crippen molar-refractivity contribution in [1.82, 2.24) is 4.90 Å². The molecule has 1 aromatic rings. The first-order valence-corrected chi connectivity index (χ1v) is 10.4. The van der Waals surface area contributed by atoms with Gasteiger partial charge in [-0.2, -0.15) is 0 Å². The highest BCUT2D eigenvalue weighted by Gasteiger charge is 2.49. The molecule has 0 spiro atoms. The van der Waals surface area contributed by atoms with Gasteiger partial charge in [-0.05, 0) is 72.8 Å². The summed E-state index contributed by atoms with van der Waals surface area (Å²) in [7, 11) is -3.03. The molecule has 1 aromatic carbocycles. The molecule has 136 valence electrons. The van der Waals surface area contributed by atoms with E-state index in [0.29, 0.717) is 6.54 Å². The van der Waals surface area contributed by atoms with Crippen LogP contribution in [0.3, 0.4) is 0 Å². The van der Waals surface area contributed by atoms with Crippen LogP contribution in [0.4, 0.5) is 0 Å². The molecule has 1 heterocycles. The molecule has 25 heavy (non-hydrogen) atoms. The van der Waals surface area contributed by atoms with Crippen LogP contribution in [-0.2, 0) is 19.4 Å². The van der Waals surface area contributed by atoms with Crippen LogP contribution < -0.4 is 5.73 Å². The fraction of sp³-hybridized carbons (Fsp3) is 0.471.